The summed E-state index contributed by atoms with van der Waals surface area (Å²) in [5.74, 6) is -0.602. The first-order chi connectivity index (χ1) is 7.44. The first kappa shape index (κ1) is 12.9. The highest BCUT2D eigenvalue weighted by atomic mass is 19.1. The molecule has 4 heteroatoms. The van der Waals surface area contributed by atoms with E-state index in [0.717, 1.165) is 6.42 Å². The number of aliphatic hydroxyl groups excluding tert-OH is 1. The van der Waals surface area contributed by atoms with Gasteiger partial charge in [0.2, 0.25) is 0 Å². The number of nitrogens with zero attached hydrogens (tertiary/aromatic N) is 1. The maximum absolute atomic E-state index is 13.5. The number of rotatable bonds is 4. The molecule has 1 rings (SSSR count). The van der Waals surface area contributed by atoms with Gasteiger partial charge in [-0.05, 0) is 17.9 Å². The second-order valence-corrected chi connectivity index (χ2v) is 4.91. The van der Waals surface area contributed by atoms with Crippen LogP contribution in [0.1, 0.15) is 32.8 Å². The van der Waals surface area contributed by atoms with Crippen molar-refractivity contribution in [3.8, 4) is 5.88 Å². The van der Waals surface area contributed by atoms with E-state index in [1.54, 1.807) is 0 Å². The molecule has 1 aromatic rings. The standard InChI is InChI=1S/C12H18FNO2/c1-12(2,3)5-7-16-11-10(13)9(8-15)4-6-14-11/h4,6,15H,5,7-8H2,1-3H3. The molecular weight excluding hydrogens is 209 g/mol. The van der Waals surface area contributed by atoms with E-state index in [9.17, 15) is 4.39 Å². The second-order valence-electron chi connectivity index (χ2n) is 4.91. The van der Waals surface area contributed by atoms with E-state index >= 15 is 0 Å². The van der Waals surface area contributed by atoms with E-state index < -0.39 is 5.82 Å². The van der Waals surface area contributed by atoms with Crippen LogP contribution in [0.5, 0.6) is 5.88 Å². The molecule has 0 aliphatic heterocycles. The van der Waals surface area contributed by atoms with Gasteiger partial charge in [-0.25, -0.2) is 9.37 Å². The molecule has 0 unspecified atom stereocenters. The van der Waals surface area contributed by atoms with Crippen LogP contribution in [0.15, 0.2) is 12.3 Å². The molecule has 0 atom stereocenters. The number of halogens is 1. The maximum Gasteiger partial charge on any atom is 0.250 e. The molecule has 1 N–H and O–H groups in total. The molecule has 0 radical (unpaired) electrons. The van der Waals surface area contributed by atoms with Crippen molar-refractivity contribution in [2.75, 3.05) is 6.61 Å². The zero-order chi connectivity index (χ0) is 12.2. The maximum atomic E-state index is 13.5. The number of ether oxygens (including phenoxy) is 1. The molecule has 16 heavy (non-hydrogen) atoms. The topological polar surface area (TPSA) is 42.4 Å². The molecule has 0 amide bonds. The van der Waals surface area contributed by atoms with Crippen LogP contribution < -0.4 is 4.74 Å². The predicted molar refractivity (Wildman–Crippen MR) is 59.7 cm³/mol. The van der Waals surface area contributed by atoms with Crippen LogP contribution in [0.4, 0.5) is 4.39 Å². The van der Waals surface area contributed by atoms with E-state index in [4.69, 9.17) is 9.84 Å². The SMILES string of the molecule is CC(C)(C)CCOc1nccc(CO)c1F. The van der Waals surface area contributed by atoms with Crippen LogP contribution in [0.25, 0.3) is 0 Å². The van der Waals surface area contributed by atoms with Crippen LogP contribution in [-0.2, 0) is 6.61 Å². The fraction of sp³-hybridized carbons (Fsp3) is 0.583. The largest absolute Gasteiger partial charge is 0.476 e. The summed E-state index contributed by atoms with van der Waals surface area (Å²) in [6.07, 6.45) is 2.25. The van der Waals surface area contributed by atoms with Gasteiger partial charge in [0.1, 0.15) is 0 Å². The van der Waals surface area contributed by atoms with Crippen LogP contribution >= 0.6 is 0 Å². The van der Waals surface area contributed by atoms with Gasteiger partial charge in [0, 0.05) is 11.8 Å². The average Bonchev–Trinajstić information content (AvgIpc) is 2.19. The highest BCUT2D eigenvalue weighted by molar-refractivity contribution is 5.22. The summed E-state index contributed by atoms with van der Waals surface area (Å²) in [5, 5.41) is 8.87. The average molecular weight is 227 g/mol. The minimum absolute atomic E-state index is 0.0317. The number of hydrogen-bond donors (Lipinski definition) is 1. The normalized spacial score (nSPS) is 11.6. The molecule has 0 aliphatic rings. The molecule has 0 fully saturated rings. The summed E-state index contributed by atoms with van der Waals surface area (Å²) < 4.78 is 18.8. The smallest absolute Gasteiger partial charge is 0.250 e. The van der Waals surface area contributed by atoms with Crippen molar-refractivity contribution in [1.29, 1.82) is 0 Å². The summed E-state index contributed by atoms with van der Waals surface area (Å²) in [5.41, 5.74) is 0.353. The lowest BCUT2D eigenvalue weighted by Gasteiger charge is -2.18. The van der Waals surface area contributed by atoms with Crippen molar-refractivity contribution in [3.63, 3.8) is 0 Å². The third kappa shape index (κ3) is 3.77. The van der Waals surface area contributed by atoms with E-state index in [1.165, 1.54) is 12.3 Å². The highest BCUT2D eigenvalue weighted by Crippen LogP contribution is 2.21. The fourth-order valence-electron chi connectivity index (χ4n) is 1.14. The third-order valence-corrected chi connectivity index (χ3v) is 2.20. The van der Waals surface area contributed by atoms with Crippen molar-refractivity contribution in [3.05, 3.63) is 23.6 Å². The van der Waals surface area contributed by atoms with Crippen molar-refractivity contribution in [1.82, 2.24) is 4.98 Å². The summed E-state index contributed by atoms with van der Waals surface area (Å²) >= 11 is 0. The molecule has 0 aromatic carbocycles. The van der Waals surface area contributed by atoms with Crippen molar-refractivity contribution < 1.29 is 14.2 Å². The van der Waals surface area contributed by atoms with Gasteiger partial charge in [-0.15, -0.1) is 0 Å². The van der Waals surface area contributed by atoms with Crippen molar-refractivity contribution in [2.24, 2.45) is 5.41 Å². The Morgan fingerprint density at radius 2 is 2.12 bits per heavy atom. The Hall–Kier alpha value is -1.16. The molecule has 90 valence electrons. The van der Waals surface area contributed by atoms with Crippen molar-refractivity contribution >= 4 is 0 Å². The molecule has 0 aliphatic carbocycles. The lowest BCUT2D eigenvalue weighted by atomic mass is 9.93. The number of hydrogen-bond acceptors (Lipinski definition) is 3. The van der Waals surface area contributed by atoms with Gasteiger partial charge in [-0.2, -0.15) is 0 Å². The zero-order valence-electron chi connectivity index (χ0n) is 9.96. The summed E-state index contributed by atoms with van der Waals surface area (Å²) in [6.45, 7) is 6.34. The van der Waals surface area contributed by atoms with Crippen LogP contribution in [0, 0.1) is 11.2 Å². The number of aliphatic hydroxyl groups is 1. The quantitative estimate of drug-likeness (QED) is 0.859. The van der Waals surface area contributed by atoms with Gasteiger partial charge in [0.15, 0.2) is 5.82 Å². The summed E-state index contributed by atoms with van der Waals surface area (Å²) in [7, 11) is 0. The van der Waals surface area contributed by atoms with Crippen LogP contribution in [0.3, 0.4) is 0 Å². The van der Waals surface area contributed by atoms with Gasteiger partial charge in [0.05, 0.1) is 13.2 Å². The molecule has 0 spiro atoms. The Morgan fingerprint density at radius 1 is 1.44 bits per heavy atom. The minimum Gasteiger partial charge on any atom is -0.476 e. The predicted octanol–water partition coefficient (Wildman–Crippen LogP) is 2.53. The molecule has 1 aromatic heterocycles. The van der Waals surface area contributed by atoms with Gasteiger partial charge in [0.25, 0.3) is 5.88 Å². The lowest BCUT2D eigenvalue weighted by molar-refractivity contribution is 0.223. The Morgan fingerprint density at radius 3 is 2.69 bits per heavy atom. The molecule has 1 heterocycles. The van der Waals surface area contributed by atoms with Crippen molar-refractivity contribution in [2.45, 2.75) is 33.8 Å². The van der Waals surface area contributed by atoms with Gasteiger partial charge in [-0.1, -0.05) is 20.8 Å². The monoisotopic (exact) mass is 227 g/mol. The summed E-state index contributed by atoms with van der Waals surface area (Å²) in [6, 6.07) is 1.44. The first-order valence-electron chi connectivity index (χ1n) is 5.31. The highest BCUT2D eigenvalue weighted by Gasteiger charge is 2.13. The van der Waals surface area contributed by atoms with Gasteiger partial charge in [-0.3, -0.25) is 0 Å². The van der Waals surface area contributed by atoms with E-state index in [2.05, 4.69) is 25.8 Å². The van der Waals surface area contributed by atoms with Crippen LogP contribution in [-0.4, -0.2) is 16.7 Å². The molecule has 0 saturated heterocycles. The fourth-order valence-corrected chi connectivity index (χ4v) is 1.14. The first-order valence-corrected chi connectivity index (χ1v) is 5.31. The number of aromatic nitrogens is 1. The Balaban J connectivity index is 2.61. The van der Waals surface area contributed by atoms with E-state index in [0.29, 0.717) is 6.61 Å². The molecule has 3 nitrogen and oxygen atoms in total. The Bertz CT molecular complexity index is 347. The zero-order valence-corrected chi connectivity index (χ0v) is 9.96. The molecule has 0 saturated carbocycles. The second kappa shape index (κ2) is 5.25. The van der Waals surface area contributed by atoms with Gasteiger partial charge >= 0.3 is 0 Å². The Kier molecular flexibility index (Phi) is 4.24. The summed E-state index contributed by atoms with van der Waals surface area (Å²) in [4.78, 5) is 3.80. The Labute approximate surface area is 95.3 Å². The molecular formula is C12H18FNO2. The van der Waals surface area contributed by atoms with Gasteiger partial charge < -0.3 is 9.84 Å². The van der Waals surface area contributed by atoms with E-state index in [-0.39, 0.29) is 23.5 Å². The third-order valence-electron chi connectivity index (χ3n) is 2.20. The number of pyridine rings is 1. The molecule has 0 bridgehead atoms. The van der Waals surface area contributed by atoms with Crippen LogP contribution in [0.2, 0.25) is 0 Å². The van der Waals surface area contributed by atoms with E-state index in [1.807, 2.05) is 0 Å². The lowest BCUT2D eigenvalue weighted by Crippen LogP contribution is -2.12. The minimum atomic E-state index is -0.570.